The van der Waals surface area contributed by atoms with Gasteiger partial charge in [-0.05, 0) is 48.9 Å². The zero-order valence-corrected chi connectivity index (χ0v) is 23.5. The highest BCUT2D eigenvalue weighted by molar-refractivity contribution is 6.15. The van der Waals surface area contributed by atoms with Gasteiger partial charge in [0.25, 0.3) is 0 Å². The van der Waals surface area contributed by atoms with Crippen LogP contribution in [-0.2, 0) is 4.79 Å². The van der Waals surface area contributed by atoms with E-state index in [-0.39, 0.29) is 24.6 Å². The molecule has 3 aromatic carbocycles. The maximum atomic E-state index is 13.6. The third-order valence-electron chi connectivity index (χ3n) is 6.87. The molecule has 0 saturated carbocycles. The number of ether oxygens (including phenoxy) is 7. The summed E-state index contributed by atoms with van der Waals surface area (Å²) in [6, 6.07) is 12.2. The van der Waals surface area contributed by atoms with Crippen LogP contribution in [-0.4, -0.2) is 46.8 Å². The number of hydrogen-bond donors (Lipinski definition) is 0. The molecule has 9 nitrogen and oxygen atoms in total. The van der Waals surface area contributed by atoms with Crippen molar-refractivity contribution in [2.45, 2.75) is 19.3 Å². The number of hydrogen-bond acceptors (Lipinski definition) is 9. The van der Waals surface area contributed by atoms with E-state index in [1.165, 1.54) is 21.3 Å². The second-order valence-electron chi connectivity index (χ2n) is 9.57. The summed E-state index contributed by atoms with van der Waals surface area (Å²) >= 11 is 0. The van der Waals surface area contributed by atoms with Crippen LogP contribution in [0.5, 0.6) is 40.2 Å². The standard InChI is InChI=1S/C32H30O9/c1-17(2)16-39-30-19(8-7-9-23(30)35-3)21-15-26(33)40-22-13-11-20-28(34)25(41-31(20)27(21)22)14-18-10-12-24(36-4)32(38-6)29(18)37-5/h7-14,21H,1,15-16H2,2-6H3/b25-14-. The smallest absolute Gasteiger partial charge is 0.312 e. The molecule has 2 heterocycles. The molecule has 3 aromatic rings. The fourth-order valence-corrected chi connectivity index (χ4v) is 5.07. The first-order valence-electron chi connectivity index (χ1n) is 12.9. The Hall–Kier alpha value is -4.92. The molecule has 0 spiro atoms. The lowest BCUT2D eigenvalue weighted by Crippen LogP contribution is -2.22. The Labute approximate surface area is 237 Å². The number of methoxy groups -OCH3 is 4. The molecule has 0 aromatic heterocycles. The molecular weight excluding hydrogens is 528 g/mol. The summed E-state index contributed by atoms with van der Waals surface area (Å²) in [6.07, 6.45) is 1.60. The molecule has 0 N–H and O–H groups in total. The van der Waals surface area contributed by atoms with Gasteiger partial charge >= 0.3 is 5.97 Å². The highest BCUT2D eigenvalue weighted by Crippen LogP contribution is 2.52. The van der Waals surface area contributed by atoms with Gasteiger partial charge in [0.15, 0.2) is 28.8 Å². The molecule has 41 heavy (non-hydrogen) atoms. The van der Waals surface area contributed by atoms with Crippen molar-refractivity contribution >= 4 is 17.8 Å². The molecule has 0 bridgehead atoms. The Bertz CT molecular complexity index is 1580. The van der Waals surface area contributed by atoms with Gasteiger partial charge in [0.2, 0.25) is 11.5 Å². The van der Waals surface area contributed by atoms with Gasteiger partial charge in [0, 0.05) is 22.6 Å². The summed E-state index contributed by atoms with van der Waals surface area (Å²) in [4.78, 5) is 26.3. The maximum absolute atomic E-state index is 13.6. The molecule has 0 amide bonds. The molecule has 0 fully saturated rings. The van der Waals surface area contributed by atoms with Crippen molar-refractivity contribution in [2.75, 3.05) is 35.0 Å². The van der Waals surface area contributed by atoms with Gasteiger partial charge in [-0.25, -0.2) is 0 Å². The number of Topliss-reactive ketones (excluding diaryl/α,β-unsaturated/α-hetero) is 1. The molecule has 9 heteroatoms. The maximum Gasteiger partial charge on any atom is 0.312 e. The van der Waals surface area contributed by atoms with Crippen LogP contribution >= 0.6 is 0 Å². The Balaban J connectivity index is 1.63. The number of carbonyl (C=O) groups excluding carboxylic acids is 2. The predicted molar refractivity (Wildman–Crippen MR) is 151 cm³/mol. The number of allylic oxidation sites excluding steroid dienone is 1. The molecule has 0 radical (unpaired) electrons. The zero-order valence-electron chi connectivity index (χ0n) is 23.5. The Morgan fingerprint density at radius 3 is 2.32 bits per heavy atom. The van der Waals surface area contributed by atoms with Crippen molar-refractivity contribution in [3.05, 3.63) is 82.6 Å². The van der Waals surface area contributed by atoms with Crippen LogP contribution in [0.25, 0.3) is 6.08 Å². The predicted octanol–water partition coefficient (Wildman–Crippen LogP) is 5.73. The van der Waals surface area contributed by atoms with E-state index >= 15 is 0 Å². The van der Waals surface area contributed by atoms with Gasteiger partial charge < -0.3 is 33.2 Å². The van der Waals surface area contributed by atoms with Gasteiger partial charge in [-0.3, -0.25) is 9.59 Å². The quantitative estimate of drug-likeness (QED) is 0.141. The molecule has 1 atom stereocenters. The lowest BCUT2D eigenvalue weighted by molar-refractivity contribution is -0.135. The average molecular weight is 559 g/mol. The molecule has 0 saturated heterocycles. The van der Waals surface area contributed by atoms with Crippen molar-refractivity contribution in [3.63, 3.8) is 0 Å². The fraction of sp³-hybridized carbons (Fsp3) is 0.250. The van der Waals surface area contributed by atoms with Gasteiger partial charge in [-0.15, -0.1) is 0 Å². The number of benzene rings is 3. The molecule has 1 unspecified atom stereocenters. The van der Waals surface area contributed by atoms with Crippen LogP contribution < -0.4 is 33.2 Å². The first-order chi connectivity index (χ1) is 19.8. The van der Waals surface area contributed by atoms with Crippen LogP contribution in [0, 0.1) is 0 Å². The second kappa shape index (κ2) is 11.3. The topological polar surface area (TPSA) is 98.8 Å². The highest BCUT2D eigenvalue weighted by Gasteiger charge is 2.40. The Morgan fingerprint density at radius 2 is 1.63 bits per heavy atom. The van der Waals surface area contributed by atoms with E-state index in [1.54, 1.807) is 43.5 Å². The van der Waals surface area contributed by atoms with Crippen LogP contribution in [0.15, 0.2) is 60.4 Å². The third kappa shape index (κ3) is 4.95. The summed E-state index contributed by atoms with van der Waals surface area (Å²) in [5, 5.41) is 0. The van der Waals surface area contributed by atoms with Gasteiger partial charge in [0.1, 0.15) is 18.1 Å². The van der Waals surface area contributed by atoms with Crippen molar-refractivity contribution in [1.82, 2.24) is 0 Å². The number of ketones is 1. The number of fused-ring (bicyclic) bond motifs is 3. The molecule has 2 aliphatic rings. The Kier molecular flexibility index (Phi) is 7.61. The minimum atomic E-state index is -0.529. The molecule has 5 rings (SSSR count). The van der Waals surface area contributed by atoms with Crippen molar-refractivity contribution in [1.29, 1.82) is 0 Å². The van der Waals surface area contributed by atoms with E-state index < -0.39 is 11.9 Å². The lowest BCUT2D eigenvalue weighted by Gasteiger charge is -2.28. The van der Waals surface area contributed by atoms with Crippen molar-refractivity contribution in [3.8, 4) is 40.2 Å². The third-order valence-corrected chi connectivity index (χ3v) is 6.87. The molecular formula is C32H30O9. The number of carbonyl (C=O) groups is 2. The zero-order chi connectivity index (χ0) is 29.3. The van der Waals surface area contributed by atoms with E-state index in [0.717, 1.165) is 5.57 Å². The number of rotatable bonds is 9. The van der Waals surface area contributed by atoms with Crippen LogP contribution in [0.4, 0.5) is 0 Å². The molecule has 2 aliphatic heterocycles. The van der Waals surface area contributed by atoms with Gasteiger partial charge in [0.05, 0.1) is 40.4 Å². The minimum Gasteiger partial charge on any atom is -0.493 e. The second-order valence-corrected chi connectivity index (χ2v) is 9.57. The van der Waals surface area contributed by atoms with Crippen LogP contribution in [0.1, 0.15) is 46.3 Å². The summed E-state index contributed by atoms with van der Waals surface area (Å²) in [5.74, 6) is 1.71. The lowest BCUT2D eigenvalue weighted by atomic mass is 9.84. The van der Waals surface area contributed by atoms with Gasteiger partial charge in [-0.1, -0.05) is 18.7 Å². The van der Waals surface area contributed by atoms with E-state index in [9.17, 15) is 9.59 Å². The summed E-state index contributed by atoms with van der Waals surface area (Å²) in [6.45, 7) is 6.04. The summed E-state index contributed by atoms with van der Waals surface area (Å²) in [7, 11) is 6.08. The van der Waals surface area contributed by atoms with E-state index in [4.69, 9.17) is 33.2 Å². The number of esters is 1. The van der Waals surface area contributed by atoms with Crippen LogP contribution in [0.2, 0.25) is 0 Å². The van der Waals surface area contributed by atoms with Gasteiger partial charge in [-0.2, -0.15) is 0 Å². The minimum absolute atomic E-state index is 0.0140. The van der Waals surface area contributed by atoms with E-state index in [2.05, 4.69) is 6.58 Å². The average Bonchev–Trinajstić information content (AvgIpc) is 3.29. The highest BCUT2D eigenvalue weighted by atomic mass is 16.5. The summed E-state index contributed by atoms with van der Waals surface area (Å²) in [5.41, 5.74) is 3.00. The van der Waals surface area contributed by atoms with Crippen molar-refractivity contribution in [2.24, 2.45) is 0 Å². The normalized spacial score (nSPS) is 16.3. The van der Waals surface area contributed by atoms with E-state index in [1.807, 2.05) is 19.1 Å². The first kappa shape index (κ1) is 27.6. The SMILES string of the molecule is C=C(C)COc1c(OC)cccc1C1CC(=O)Oc2ccc3c(c21)O/C(=C\c1ccc(OC)c(OC)c1OC)C3=O. The fourth-order valence-electron chi connectivity index (χ4n) is 5.07. The molecule has 212 valence electrons. The largest absolute Gasteiger partial charge is 0.493 e. The Morgan fingerprint density at radius 1 is 0.902 bits per heavy atom. The van der Waals surface area contributed by atoms with E-state index in [0.29, 0.717) is 62.5 Å². The number of para-hydroxylation sites is 1. The van der Waals surface area contributed by atoms with Crippen LogP contribution in [0.3, 0.4) is 0 Å². The molecule has 0 aliphatic carbocycles. The van der Waals surface area contributed by atoms with Crippen molar-refractivity contribution < 1.29 is 42.7 Å². The monoisotopic (exact) mass is 558 g/mol. The first-order valence-corrected chi connectivity index (χ1v) is 12.9. The summed E-state index contributed by atoms with van der Waals surface area (Å²) < 4.78 is 39.9.